The van der Waals surface area contributed by atoms with Crippen LogP contribution in [0, 0.1) is 0 Å². The van der Waals surface area contributed by atoms with Gasteiger partial charge in [0.25, 0.3) is 0 Å². The first-order valence-corrected chi connectivity index (χ1v) is 5.24. The summed E-state index contributed by atoms with van der Waals surface area (Å²) in [6, 6.07) is 3.56. The Balaban J connectivity index is 2.37. The van der Waals surface area contributed by atoms with Gasteiger partial charge < -0.3 is 14.7 Å². The van der Waals surface area contributed by atoms with E-state index in [0.29, 0.717) is 18.5 Å². The number of imidazole rings is 1. The summed E-state index contributed by atoms with van der Waals surface area (Å²) in [5.74, 6) is -1.16. The van der Waals surface area contributed by atoms with E-state index >= 15 is 0 Å². The molecule has 5 nitrogen and oxygen atoms in total. The first-order chi connectivity index (χ1) is 8.08. The first kappa shape index (κ1) is 11.3. The van der Waals surface area contributed by atoms with Crippen LogP contribution in [0.3, 0.4) is 0 Å². The van der Waals surface area contributed by atoms with Crippen LogP contribution < -0.4 is 5.11 Å². The van der Waals surface area contributed by atoms with Crippen molar-refractivity contribution in [3.05, 3.63) is 35.8 Å². The van der Waals surface area contributed by atoms with Gasteiger partial charge >= 0.3 is 0 Å². The SMILES string of the molecule is CC(=O)CCc1ccc2ncc(C(=O)[O-])n2c1. The minimum atomic E-state index is -1.26. The number of Topliss-reactive ketones (excluding diaryl/α,β-unsaturated/α-hetero) is 1. The highest BCUT2D eigenvalue weighted by molar-refractivity contribution is 5.84. The second kappa shape index (κ2) is 4.37. The summed E-state index contributed by atoms with van der Waals surface area (Å²) in [5, 5.41) is 10.8. The van der Waals surface area contributed by atoms with Gasteiger partial charge in [-0.05, 0) is 25.0 Å². The number of carboxylic acids is 1. The van der Waals surface area contributed by atoms with Gasteiger partial charge in [0.15, 0.2) is 0 Å². The Morgan fingerprint density at radius 1 is 1.41 bits per heavy atom. The first-order valence-electron chi connectivity index (χ1n) is 5.24. The van der Waals surface area contributed by atoms with E-state index in [1.165, 1.54) is 17.5 Å². The van der Waals surface area contributed by atoms with Crippen molar-refractivity contribution in [3.63, 3.8) is 0 Å². The number of fused-ring (bicyclic) bond motifs is 1. The van der Waals surface area contributed by atoms with Gasteiger partial charge in [-0.2, -0.15) is 0 Å². The zero-order valence-electron chi connectivity index (χ0n) is 9.34. The van der Waals surface area contributed by atoms with Crippen LogP contribution in [-0.4, -0.2) is 21.1 Å². The van der Waals surface area contributed by atoms with Gasteiger partial charge in [-0.3, -0.25) is 4.40 Å². The normalized spacial score (nSPS) is 10.6. The van der Waals surface area contributed by atoms with Gasteiger partial charge in [0.2, 0.25) is 0 Å². The van der Waals surface area contributed by atoms with Crippen molar-refractivity contribution in [2.75, 3.05) is 0 Å². The lowest BCUT2D eigenvalue weighted by atomic mass is 10.1. The van der Waals surface area contributed by atoms with Crippen LogP contribution in [0.5, 0.6) is 0 Å². The number of aryl methyl sites for hydroxylation is 1. The molecule has 0 N–H and O–H groups in total. The lowest BCUT2D eigenvalue weighted by Gasteiger charge is -2.05. The maximum absolute atomic E-state index is 10.9. The number of hydrogen-bond acceptors (Lipinski definition) is 4. The van der Waals surface area contributed by atoms with Crippen LogP contribution in [0.2, 0.25) is 0 Å². The molecule has 0 spiro atoms. The van der Waals surface area contributed by atoms with E-state index in [1.54, 1.807) is 12.3 Å². The molecule has 0 bridgehead atoms. The number of carbonyl (C=O) groups excluding carboxylic acids is 2. The molecule has 0 fully saturated rings. The van der Waals surface area contributed by atoms with E-state index in [9.17, 15) is 14.7 Å². The molecule has 0 amide bonds. The van der Waals surface area contributed by atoms with Crippen LogP contribution >= 0.6 is 0 Å². The monoisotopic (exact) mass is 231 g/mol. The van der Waals surface area contributed by atoms with Crippen molar-refractivity contribution in [3.8, 4) is 0 Å². The van der Waals surface area contributed by atoms with E-state index in [-0.39, 0.29) is 11.5 Å². The van der Waals surface area contributed by atoms with Crippen molar-refractivity contribution in [1.29, 1.82) is 0 Å². The third-order valence-corrected chi connectivity index (χ3v) is 2.54. The highest BCUT2D eigenvalue weighted by atomic mass is 16.4. The third kappa shape index (κ3) is 2.33. The second-order valence-corrected chi connectivity index (χ2v) is 3.90. The minimum Gasteiger partial charge on any atom is -0.543 e. The largest absolute Gasteiger partial charge is 0.543 e. The van der Waals surface area contributed by atoms with E-state index in [4.69, 9.17) is 0 Å². The van der Waals surface area contributed by atoms with Gasteiger partial charge in [-0.15, -0.1) is 0 Å². The summed E-state index contributed by atoms with van der Waals surface area (Å²) in [7, 11) is 0. The third-order valence-electron chi connectivity index (χ3n) is 2.54. The summed E-state index contributed by atoms with van der Waals surface area (Å²) in [6.07, 6.45) is 3.98. The molecule has 17 heavy (non-hydrogen) atoms. The molecule has 0 atom stereocenters. The molecule has 88 valence electrons. The lowest BCUT2D eigenvalue weighted by Crippen LogP contribution is -2.23. The van der Waals surface area contributed by atoms with Crippen molar-refractivity contribution in [2.24, 2.45) is 0 Å². The van der Waals surface area contributed by atoms with Gasteiger partial charge in [0, 0.05) is 12.6 Å². The van der Waals surface area contributed by atoms with Crippen LogP contribution in [-0.2, 0) is 11.2 Å². The Kier molecular flexibility index (Phi) is 2.91. The highest BCUT2D eigenvalue weighted by Crippen LogP contribution is 2.10. The van der Waals surface area contributed by atoms with Gasteiger partial charge in [-0.25, -0.2) is 4.98 Å². The molecular formula is C12H11N2O3-. The Labute approximate surface area is 97.7 Å². The molecule has 0 unspecified atom stereocenters. The Morgan fingerprint density at radius 3 is 2.82 bits per heavy atom. The number of ketones is 1. The zero-order valence-corrected chi connectivity index (χ0v) is 9.34. The minimum absolute atomic E-state index is 0.0182. The fourth-order valence-electron chi connectivity index (χ4n) is 1.64. The number of carboxylic acid groups (broad SMARTS) is 1. The van der Waals surface area contributed by atoms with E-state index < -0.39 is 5.97 Å². The standard InChI is InChI=1S/C12H12N2O3/c1-8(15)2-3-9-4-5-11-13-6-10(12(16)17)14(11)7-9/h4-7H,2-3H2,1H3,(H,16,17)/p-1. The zero-order chi connectivity index (χ0) is 12.4. The molecule has 2 aromatic rings. The summed E-state index contributed by atoms with van der Waals surface area (Å²) in [4.78, 5) is 25.7. The van der Waals surface area contributed by atoms with Crippen molar-refractivity contribution < 1.29 is 14.7 Å². The van der Waals surface area contributed by atoms with E-state index in [1.807, 2.05) is 6.07 Å². The predicted molar refractivity (Wildman–Crippen MR) is 58.5 cm³/mol. The van der Waals surface area contributed by atoms with E-state index in [0.717, 1.165) is 5.56 Å². The van der Waals surface area contributed by atoms with Crippen LogP contribution in [0.25, 0.3) is 5.65 Å². The number of carbonyl (C=O) groups is 2. The lowest BCUT2D eigenvalue weighted by molar-refractivity contribution is -0.255. The highest BCUT2D eigenvalue weighted by Gasteiger charge is 2.05. The van der Waals surface area contributed by atoms with Crippen molar-refractivity contribution in [2.45, 2.75) is 19.8 Å². The molecule has 0 saturated carbocycles. The number of nitrogens with zero attached hydrogens (tertiary/aromatic N) is 2. The second-order valence-electron chi connectivity index (χ2n) is 3.90. The number of pyridine rings is 1. The van der Waals surface area contributed by atoms with Gasteiger partial charge in [-0.1, -0.05) is 6.07 Å². The average molecular weight is 231 g/mol. The number of aromatic carboxylic acids is 1. The number of rotatable bonds is 4. The molecule has 0 saturated heterocycles. The molecule has 0 radical (unpaired) electrons. The summed E-state index contributed by atoms with van der Waals surface area (Å²) < 4.78 is 1.46. The Morgan fingerprint density at radius 2 is 2.18 bits per heavy atom. The quantitative estimate of drug-likeness (QED) is 0.754. The topological polar surface area (TPSA) is 74.5 Å². The molecule has 2 rings (SSSR count). The van der Waals surface area contributed by atoms with Crippen LogP contribution in [0.4, 0.5) is 0 Å². The van der Waals surface area contributed by atoms with Crippen LogP contribution in [0.1, 0.15) is 29.4 Å². The van der Waals surface area contributed by atoms with E-state index in [2.05, 4.69) is 4.98 Å². The maximum atomic E-state index is 10.9. The molecule has 2 heterocycles. The number of hydrogen-bond donors (Lipinski definition) is 0. The molecular weight excluding hydrogens is 220 g/mol. The predicted octanol–water partition coefficient (Wildman–Crippen LogP) is 0.219. The Bertz CT molecular complexity index is 586. The maximum Gasteiger partial charge on any atom is 0.137 e. The molecule has 0 aliphatic heterocycles. The smallest absolute Gasteiger partial charge is 0.137 e. The molecule has 2 aromatic heterocycles. The molecule has 0 aliphatic rings. The average Bonchev–Trinajstić information content (AvgIpc) is 2.69. The fourth-order valence-corrected chi connectivity index (χ4v) is 1.64. The molecule has 5 heteroatoms. The van der Waals surface area contributed by atoms with Gasteiger partial charge in [0.05, 0.1) is 17.9 Å². The van der Waals surface area contributed by atoms with Crippen molar-refractivity contribution >= 4 is 17.4 Å². The summed E-state index contributed by atoms with van der Waals surface area (Å²) >= 11 is 0. The van der Waals surface area contributed by atoms with Gasteiger partial charge in [0.1, 0.15) is 11.4 Å². The fraction of sp³-hybridized carbons (Fsp3) is 0.250. The summed E-state index contributed by atoms with van der Waals surface area (Å²) in [5.41, 5.74) is 1.47. The van der Waals surface area contributed by atoms with Crippen molar-refractivity contribution in [1.82, 2.24) is 9.38 Å². The van der Waals surface area contributed by atoms with Crippen LogP contribution in [0.15, 0.2) is 24.5 Å². The molecule has 0 aliphatic carbocycles. The number of aromatic nitrogens is 2. The molecule has 0 aromatic carbocycles. The summed E-state index contributed by atoms with van der Waals surface area (Å²) in [6.45, 7) is 1.53. The Hall–Kier alpha value is -2.17.